The van der Waals surface area contributed by atoms with E-state index in [1.165, 1.54) is 13.2 Å². The molecule has 10 heteroatoms. The zero-order chi connectivity index (χ0) is 26.9. The zero-order valence-corrected chi connectivity index (χ0v) is 22.0. The number of aliphatic hydroxyl groups is 1. The molecule has 0 radical (unpaired) electrons. The van der Waals surface area contributed by atoms with Gasteiger partial charge in [-0.3, -0.25) is 9.59 Å². The fourth-order valence-corrected chi connectivity index (χ4v) is 9.37. The highest BCUT2D eigenvalue weighted by Gasteiger charge is 2.89. The summed E-state index contributed by atoms with van der Waals surface area (Å²) in [4.78, 5) is 51.8. The van der Waals surface area contributed by atoms with E-state index in [1.807, 2.05) is 27.7 Å². The summed E-state index contributed by atoms with van der Waals surface area (Å²) in [5.74, 6) is -2.12. The normalized spacial score (nSPS) is 51.1. The van der Waals surface area contributed by atoms with E-state index in [4.69, 9.17) is 23.7 Å². The van der Waals surface area contributed by atoms with Crippen LogP contribution in [0.4, 0.5) is 0 Å². The molecule has 1 spiro atoms. The minimum Gasteiger partial charge on any atom is -0.469 e. The number of ether oxygens (including phenoxy) is 5. The molecule has 4 aliphatic heterocycles. The molecule has 0 aromatic rings. The van der Waals surface area contributed by atoms with Gasteiger partial charge >= 0.3 is 17.9 Å². The lowest BCUT2D eigenvalue weighted by Crippen LogP contribution is -2.72. The van der Waals surface area contributed by atoms with Gasteiger partial charge < -0.3 is 28.8 Å². The Balaban J connectivity index is 1.48. The first-order valence-corrected chi connectivity index (χ1v) is 12.9. The molecule has 2 saturated carbocycles. The maximum Gasteiger partial charge on any atom is 0.339 e. The summed E-state index contributed by atoms with van der Waals surface area (Å²) >= 11 is 0. The summed E-state index contributed by atoms with van der Waals surface area (Å²) in [7, 11) is 1.35. The number of cyclic esters (lactones) is 2. The Kier molecular flexibility index (Phi) is 4.87. The third-order valence-electron chi connectivity index (χ3n) is 11.0. The molecule has 6 aliphatic rings. The summed E-state index contributed by atoms with van der Waals surface area (Å²) < 4.78 is 28.5. The van der Waals surface area contributed by atoms with Crippen molar-refractivity contribution >= 4 is 23.7 Å². The number of Topliss-reactive ketones (excluding diaryl/α,β-unsaturated/α-hetero) is 1. The molecule has 37 heavy (non-hydrogen) atoms. The molecule has 0 amide bonds. The van der Waals surface area contributed by atoms with Crippen LogP contribution in [0.5, 0.6) is 0 Å². The molecule has 10 nitrogen and oxygen atoms in total. The first kappa shape index (κ1) is 25.0. The van der Waals surface area contributed by atoms with Crippen molar-refractivity contribution in [3.05, 3.63) is 11.6 Å². The highest BCUT2D eigenvalue weighted by molar-refractivity contribution is 5.94. The van der Waals surface area contributed by atoms with Crippen molar-refractivity contribution in [2.24, 2.45) is 28.1 Å². The van der Waals surface area contributed by atoms with E-state index in [9.17, 15) is 24.3 Å². The molecule has 202 valence electrons. The highest BCUT2D eigenvalue weighted by atomic mass is 16.7. The predicted octanol–water partition coefficient (Wildman–Crippen LogP) is 1.61. The van der Waals surface area contributed by atoms with E-state index in [1.54, 1.807) is 0 Å². The number of rotatable bonds is 3. The lowest BCUT2D eigenvalue weighted by molar-refractivity contribution is -0.208. The molecule has 4 heterocycles. The van der Waals surface area contributed by atoms with E-state index in [0.717, 1.165) is 0 Å². The number of epoxide rings is 1. The van der Waals surface area contributed by atoms with Gasteiger partial charge in [0, 0.05) is 34.8 Å². The second kappa shape index (κ2) is 7.21. The van der Waals surface area contributed by atoms with E-state index < -0.39 is 64.0 Å². The Labute approximate surface area is 215 Å². The molecule has 0 unspecified atom stereocenters. The van der Waals surface area contributed by atoms with Crippen LogP contribution in [-0.2, 0) is 42.9 Å². The Hall–Kier alpha value is -2.30. The molecule has 2 aliphatic carbocycles. The van der Waals surface area contributed by atoms with Crippen molar-refractivity contribution in [3.8, 4) is 0 Å². The van der Waals surface area contributed by atoms with Gasteiger partial charge in [0.1, 0.15) is 17.5 Å². The highest BCUT2D eigenvalue weighted by Crippen LogP contribution is 2.78. The summed E-state index contributed by atoms with van der Waals surface area (Å²) in [5.41, 5.74) is -4.24. The van der Waals surface area contributed by atoms with Crippen LogP contribution in [-0.4, -0.2) is 71.7 Å². The van der Waals surface area contributed by atoms with Gasteiger partial charge in [0.2, 0.25) is 6.29 Å². The minimum absolute atomic E-state index is 0.00878. The van der Waals surface area contributed by atoms with Gasteiger partial charge in [0.25, 0.3) is 0 Å². The molecule has 1 N–H and O–H groups in total. The summed E-state index contributed by atoms with van der Waals surface area (Å²) in [6, 6.07) is 0. The summed E-state index contributed by atoms with van der Waals surface area (Å²) in [6.45, 7) is 9.81. The van der Waals surface area contributed by atoms with Gasteiger partial charge in [-0.25, -0.2) is 9.59 Å². The standard InChI is InChI=1S/C27H34O10/c1-23(2)14-10-15(28)26(5)13(25(14,4)16(36-23)11-17(29)33-6)7-8-24(3)19(12-9-18(30)34-21(12)31)35-22(32)20-27(24,26)37-20/h9,13-14,16,19-21,31H,7-8,10-11H2,1-6H3/t13-,14+,16-,19+,20-,21+,24+,25-,26+,27-/m1/s1. The molecule has 6 rings (SSSR count). The summed E-state index contributed by atoms with van der Waals surface area (Å²) in [6.07, 6.45) is -1.41. The molecule has 0 aromatic heterocycles. The zero-order valence-electron chi connectivity index (χ0n) is 22.0. The minimum atomic E-state index is -1.53. The van der Waals surface area contributed by atoms with Crippen molar-refractivity contribution < 1.29 is 48.0 Å². The van der Waals surface area contributed by atoms with Gasteiger partial charge in [-0.1, -0.05) is 13.8 Å². The Morgan fingerprint density at radius 1 is 1.05 bits per heavy atom. The van der Waals surface area contributed by atoms with E-state index >= 15 is 0 Å². The van der Waals surface area contributed by atoms with Crippen molar-refractivity contribution in [3.63, 3.8) is 0 Å². The predicted molar refractivity (Wildman–Crippen MR) is 123 cm³/mol. The second-order valence-electron chi connectivity index (χ2n) is 12.7. The fraction of sp³-hybridized carbons (Fsp3) is 0.778. The number of aliphatic hydroxyl groups excluding tert-OH is 1. The average Bonchev–Trinajstić information content (AvgIpc) is 3.47. The van der Waals surface area contributed by atoms with Crippen LogP contribution in [0, 0.1) is 28.1 Å². The number of esters is 3. The van der Waals surface area contributed by atoms with E-state index in [2.05, 4.69) is 6.92 Å². The van der Waals surface area contributed by atoms with Crippen LogP contribution in [0.1, 0.15) is 60.3 Å². The molecule has 10 atom stereocenters. The SMILES string of the molecule is COC(=O)C[C@H]1OC(C)(C)[C@@H]2CC(=O)[C@]3(C)[C@H](CC[C@@]4(C)[C@H](C5=CC(=O)O[C@@H]5O)OC(=O)[C@H]5O[C@]543)[C@@]12C. The molecule has 0 bridgehead atoms. The molecule has 0 aromatic carbocycles. The van der Waals surface area contributed by atoms with Crippen molar-refractivity contribution in [2.45, 2.75) is 96.1 Å². The monoisotopic (exact) mass is 518 g/mol. The number of ketones is 1. The quantitative estimate of drug-likeness (QED) is 0.333. The molecular weight excluding hydrogens is 484 g/mol. The third kappa shape index (κ3) is 2.71. The van der Waals surface area contributed by atoms with Gasteiger partial charge in [0.15, 0.2) is 6.10 Å². The number of hydrogen-bond acceptors (Lipinski definition) is 10. The number of methoxy groups -OCH3 is 1. The lowest BCUT2D eigenvalue weighted by atomic mass is 9.37. The van der Waals surface area contributed by atoms with Crippen LogP contribution >= 0.6 is 0 Å². The topological polar surface area (TPSA) is 138 Å². The number of carbonyl (C=O) groups excluding carboxylic acids is 4. The van der Waals surface area contributed by atoms with Crippen LogP contribution in [0.3, 0.4) is 0 Å². The lowest BCUT2D eigenvalue weighted by Gasteiger charge is -2.64. The molecule has 3 saturated heterocycles. The third-order valence-corrected chi connectivity index (χ3v) is 11.0. The second-order valence-corrected chi connectivity index (χ2v) is 12.7. The number of fused-ring (bicyclic) bond motifs is 3. The van der Waals surface area contributed by atoms with Crippen LogP contribution in [0.25, 0.3) is 0 Å². The van der Waals surface area contributed by atoms with Crippen molar-refractivity contribution in [2.75, 3.05) is 7.11 Å². The smallest absolute Gasteiger partial charge is 0.339 e. The van der Waals surface area contributed by atoms with Gasteiger partial charge in [-0.15, -0.1) is 0 Å². The average molecular weight is 519 g/mol. The Bertz CT molecular complexity index is 1160. The van der Waals surface area contributed by atoms with Gasteiger partial charge in [-0.2, -0.15) is 0 Å². The molecule has 5 fully saturated rings. The molecular formula is C27H34O10. The maximum absolute atomic E-state index is 14.3. The van der Waals surface area contributed by atoms with Crippen LogP contribution in [0.15, 0.2) is 11.6 Å². The first-order valence-electron chi connectivity index (χ1n) is 12.9. The number of hydrogen-bond donors (Lipinski definition) is 1. The van der Waals surface area contributed by atoms with E-state index in [-0.39, 0.29) is 42.0 Å². The van der Waals surface area contributed by atoms with E-state index in [0.29, 0.717) is 12.8 Å². The Morgan fingerprint density at radius 3 is 2.38 bits per heavy atom. The van der Waals surface area contributed by atoms with Crippen molar-refractivity contribution in [1.29, 1.82) is 0 Å². The van der Waals surface area contributed by atoms with Gasteiger partial charge in [0.05, 0.1) is 30.7 Å². The van der Waals surface area contributed by atoms with Crippen LogP contribution < -0.4 is 0 Å². The number of carbonyl (C=O) groups is 4. The first-order chi connectivity index (χ1) is 17.2. The maximum atomic E-state index is 14.3. The van der Waals surface area contributed by atoms with Gasteiger partial charge in [-0.05, 0) is 39.5 Å². The van der Waals surface area contributed by atoms with Crippen LogP contribution in [0.2, 0.25) is 0 Å². The Morgan fingerprint density at radius 2 is 1.76 bits per heavy atom. The largest absolute Gasteiger partial charge is 0.469 e. The van der Waals surface area contributed by atoms with Crippen molar-refractivity contribution in [1.82, 2.24) is 0 Å². The summed E-state index contributed by atoms with van der Waals surface area (Å²) in [5, 5.41) is 10.4. The fourth-order valence-electron chi connectivity index (χ4n) is 9.37.